The van der Waals surface area contributed by atoms with Crippen molar-refractivity contribution in [2.75, 3.05) is 6.54 Å². The largest absolute Gasteiger partial charge is 0.481 e. The SMILES string of the molecule is CCC(CNC(=O)c1c(C)nc(C(C)C)[nH]c1=O)C(=O)O. The summed E-state index contributed by atoms with van der Waals surface area (Å²) >= 11 is 0. The van der Waals surface area contributed by atoms with E-state index in [4.69, 9.17) is 5.11 Å². The van der Waals surface area contributed by atoms with E-state index in [1.54, 1.807) is 13.8 Å². The molecular formula is C14H21N3O4. The molecule has 1 amide bonds. The lowest BCUT2D eigenvalue weighted by Gasteiger charge is -2.12. The van der Waals surface area contributed by atoms with Gasteiger partial charge in [-0.3, -0.25) is 14.4 Å². The molecule has 7 heteroatoms. The van der Waals surface area contributed by atoms with Crippen LogP contribution in [0.3, 0.4) is 0 Å². The zero-order valence-corrected chi connectivity index (χ0v) is 12.7. The van der Waals surface area contributed by atoms with Gasteiger partial charge in [0.25, 0.3) is 11.5 Å². The summed E-state index contributed by atoms with van der Waals surface area (Å²) in [6.07, 6.45) is 0.398. The second-order valence-corrected chi connectivity index (χ2v) is 5.22. The van der Waals surface area contributed by atoms with Crippen molar-refractivity contribution in [1.82, 2.24) is 15.3 Å². The molecule has 1 unspecified atom stereocenters. The molecule has 1 aromatic heterocycles. The highest BCUT2D eigenvalue weighted by atomic mass is 16.4. The van der Waals surface area contributed by atoms with E-state index >= 15 is 0 Å². The Morgan fingerprint density at radius 2 is 2.00 bits per heavy atom. The molecule has 0 aliphatic carbocycles. The first kappa shape index (κ1) is 16.9. The van der Waals surface area contributed by atoms with Gasteiger partial charge >= 0.3 is 5.97 Å². The van der Waals surface area contributed by atoms with Crippen molar-refractivity contribution in [2.24, 2.45) is 5.92 Å². The number of carbonyl (C=O) groups excluding carboxylic acids is 1. The number of amides is 1. The third-order valence-corrected chi connectivity index (χ3v) is 3.24. The van der Waals surface area contributed by atoms with Crippen molar-refractivity contribution in [1.29, 1.82) is 0 Å². The molecule has 0 spiro atoms. The van der Waals surface area contributed by atoms with E-state index in [9.17, 15) is 14.4 Å². The Bertz CT molecular complexity index is 592. The molecule has 7 nitrogen and oxygen atoms in total. The molecule has 1 atom stereocenters. The fraction of sp³-hybridized carbons (Fsp3) is 0.571. The summed E-state index contributed by atoms with van der Waals surface area (Å²) < 4.78 is 0. The van der Waals surface area contributed by atoms with Gasteiger partial charge in [0.1, 0.15) is 11.4 Å². The molecule has 1 heterocycles. The summed E-state index contributed by atoms with van der Waals surface area (Å²) in [7, 11) is 0. The first-order valence-electron chi connectivity index (χ1n) is 6.89. The van der Waals surface area contributed by atoms with E-state index in [2.05, 4.69) is 15.3 Å². The van der Waals surface area contributed by atoms with E-state index < -0.39 is 23.4 Å². The van der Waals surface area contributed by atoms with Gasteiger partial charge in [0.15, 0.2) is 0 Å². The molecule has 0 saturated carbocycles. The summed E-state index contributed by atoms with van der Waals surface area (Å²) in [6.45, 7) is 7.06. The Balaban J connectivity index is 2.93. The van der Waals surface area contributed by atoms with Crippen LogP contribution in [0.25, 0.3) is 0 Å². The quantitative estimate of drug-likeness (QED) is 0.726. The van der Waals surface area contributed by atoms with Gasteiger partial charge in [-0.05, 0) is 13.3 Å². The average molecular weight is 295 g/mol. The predicted octanol–water partition coefficient (Wildman–Crippen LogP) is 1.04. The van der Waals surface area contributed by atoms with E-state index in [0.717, 1.165) is 0 Å². The molecule has 0 radical (unpaired) electrons. The number of H-pyrrole nitrogens is 1. The predicted molar refractivity (Wildman–Crippen MR) is 77.4 cm³/mol. The summed E-state index contributed by atoms with van der Waals surface area (Å²) in [4.78, 5) is 41.7. The number of hydrogen-bond donors (Lipinski definition) is 3. The van der Waals surface area contributed by atoms with Gasteiger partial charge in [-0.2, -0.15) is 0 Å². The highest BCUT2D eigenvalue weighted by Crippen LogP contribution is 2.09. The van der Waals surface area contributed by atoms with Crippen molar-refractivity contribution < 1.29 is 14.7 Å². The van der Waals surface area contributed by atoms with Gasteiger partial charge < -0.3 is 15.4 Å². The Morgan fingerprint density at radius 3 is 2.43 bits per heavy atom. The first-order chi connectivity index (χ1) is 9.77. The minimum atomic E-state index is -0.975. The number of aryl methyl sites for hydroxylation is 1. The summed E-state index contributed by atoms with van der Waals surface area (Å²) in [5, 5.41) is 11.4. The van der Waals surface area contributed by atoms with Crippen LogP contribution in [0.15, 0.2) is 4.79 Å². The number of aliphatic carboxylic acids is 1. The van der Waals surface area contributed by atoms with Gasteiger partial charge in [-0.15, -0.1) is 0 Å². The first-order valence-corrected chi connectivity index (χ1v) is 6.89. The number of carbonyl (C=O) groups is 2. The molecule has 0 aliphatic heterocycles. The van der Waals surface area contributed by atoms with Crippen LogP contribution in [-0.2, 0) is 4.79 Å². The van der Waals surface area contributed by atoms with Crippen molar-refractivity contribution in [3.63, 3.8) is 0 Å². The molecular weight excluding hydrogens is 274 g/mol. The minimum Gasteiger partial charge on any atom is -0.481 e. The Hall–Kier alpha value is -2.18. The molecule has 1 aromatic rings. The minimum absolute atomic E-state index is 0.0184. The number of carboxylic acids is 1. The molecule has 0 aliphatic rings. The third kappa shape index (κ3) is 4.14. The number of carboxylic acid groups (broad SMARTS) is 1. The number of nitrogens with one attached hydrogen (secondary N) is 2. The zero-order valence-electron chi connectivity index (χ0n) is 12.7. The lowest BCUT2D eigenvalue weighted by atomic mass is 10.1. The number of hydrogen-bond acceptors (Lipinski definition) is 4. The lowest BCUT2D eigenvalue weighted by molar-refractivity contribution is -0.141. The van der Waals surface area contributed by atoms with E-state index in [0.29, 0.717) is 17.9 Å². The number of rotatable bonds is 6. The zero-order chi connectivity index (χ0) is 16.2. The van der Waals surface area contributed by atoms with Crippen LogP contribution in [0.2, 0.25) is 0 Å². The lowest BCUT2D eigenvalue weighted by Crippen LogP contribution is -2.36. The van der Waals surface area contributed by atoms with Crippen molar-refractivity contribution in [2.45, 2.75) is 40.0 Å². The third-order valence-electron chi connectivity index (χ3n) is 3.24. The summed E-state index contributed by atoms with van der Waals surface area (Å²) in [5.74, 6) is -1.68. The molecule has 21 heavy (non-hydrogen) atoms. The normalized spacial score (nSPS) is 12.2. The smallest absolute Gasteiger partial charge is 0.308 e. The monoisotopic (exact) mass is 295 g/mol. The highest BCUT2D eigenvalue weighted by molar-refractivity contribution is 5.95. The Kier molecular flexibility index (Phi) is 5.63. The van der Waals surface area contributed by atoms with Crippen molar-refractivity contribution >= 4 is 11.9 Å². The van der Waals surface area contributed by atoms with Crippen LogP contribution < -0.4 is 10.9 Å². The fourth-order valence-corrected chi connectivity index (χ4v) is 1.86. The van der Waals surface area contributed by atoms with E-state index in [-0.39, 0.29) is 18.0 Å². The van der Waals surface area contributed by atoms with E-state index in [1.807, 2.05) is 13.8 Å². The second-order valence-electron chi connectivity index (χ2n) is 5.22. The maximum absolute atomic E-state index is 12.0. The van der Waals surface area contributed by atoms with Gasteiger partial charge in [-0.25, -0.2) is 4.98 Å². The van der Waals surface area contributed by atoms with Crippen molar-refractivity contribution in [3.8, 4) is 0 Å². The molecule has 0 fully saturated rings. The number of aromatic nitrogens is 2. The van der Waals surface area contributed by atoms with Crippen LogP contribution in [0.1, 0.15) is 55.0 Å². The van der Waals surface area contributed by atoms with Crippen LogP contribution >= 0.6 is 0 Å². The fourth-order valence-electron chi connectivity index (χ4n) is 1.86. The van der Waals surface area contributed by atoms with E-state index in [1.165, 1.54) is 0 Å². The second kappa shape index (κ2) is 7.01. The van der Waals surface area contributed by atoms with Gasteiger partial charge in [0, 0.05) is 12.5 Å². The number of aromatic amines is 1. The highest BCUT2D eigenvalue weighted by Gasteiger charge is 2.20. The Labute approximate surface area is 122 Å². The van der Waals surface area contributed by atoms with Crippen LogP contribution in [0.5, 0.6) is 0 Å². The van der Waals surface area contributed by atoms with Crippen LogP contribution in [-0.4, -0.2) is 33.5 Å². The van der Waals surface area contributed by atoms with Crippen LogP contribution in [0, 0.1) is 12.8 Å². The molecule has 0 saturated heterocycles. The molecule has 1 rings (SSSR count). The molecule has 0 aromatic carbocycles. The summed E-state index contributed by atoms with van der Waals surface area (Å²) in [5.41, 5.74) is -0.241. The van der Waals surface area contributed by atoms with Crippen LogP contribution in [0.4, 0.5) is 0 Å². The van der Waals surface area contributed by atoms with Gasteiger partial charge in [0.2, 0.25) is 0 Å². The maximum atomic E-state index is 12.0. The maximum Gasteiger partial charge on any atom is 0.308 e. The van der Waals surface area contributed by atoms with Gasteiger partial charge in [0.05, 0.1) is 11.6 Å². The number of nitrogens with zero attached hydrogens (tertiary/aromatic N) is 1. The Morgan fingerprint density at radius 1 is 1.38 bits per heavy atom. The van der Waals surface area contributed by atoms with Gasteiger partial charge in [-0.1, -0.05) is 20.8 Å². The standard InChI is InChI=1S/C14H21N3O4/c1-5-9(14(20)21)6-15-12(18)10-8(4)16-11(7(2)3)17-13(10)19/h7,9H,5-6H2,1-4H3,(H,15,18)(H,20,21)(H,16,17,19). The summed E-state index contributed by atoms with van der Waals surface area (Å²) in [6, 6.07) is 0. The molecule has 0 bridgehead atoms. The topological polar surface area (TPSA) is 112 Å². The van der Waals surface area contributed by atoms with Crippen molar-refractivity contribution in [3.05, 3.63) is 27.4 Å². The molecule has 3 N–H and O–H groups in total. The molecule has 116 valence electrons. The average Bonchev–Trinajstić information content (AvgIpc) is 2.37.